The van der Waals surface area contributed by atoms with Gasteiger partial charge in [0, 0.05) is 36.1 Å². The second kappa shape index (κ2) is 7.43. The van der Waals surface area contributed by atoms with Crippen molar-refractivity contribution in [1.29, 1.82) is 0 Å². The number of nitrogens with one attached hydrogen (secondary N) is 2. The van der Waals surface area contributed by atoms with Crippen molar-refractivity contribution in [3.8, 4) is 22.8 Å². The van der Waals surface area contributed by atoms with Gasteiger partial charge >= 0.3 is 6.03 Å². The number of urea groups is 1. The lowest BCUT2D eigenvalue weighted by Gasteiger charge is -2.19. The van der Waals surface area contributed by atoms with E-state index in [0.29, 0.717) is 41.8 Å². The molecule has 0 unspecified atom stereocenters. The van der Waals surface area contributed by atoms with E-state index in [2.05, 4.69) is 15.7 Å². The van der Waals surface area contributed by atoms with Gasteiger partial charge in [0.25, 0.3) is 5.56 Å². The largest absolute Gasteiger partial charge is 0.486 e. The molecule has 2 N–H and O–H groups in total. The van der Waals surface area contributed by atoms with E-state index in [0.717, 1.165) is 5.56 Å². The first-order chi connectivity index (χ1) is 13.6. The third kappa shape index (κ3) is 3.80. The Labute approximate surface area is 160 Å². The van der Waals surface area contributed by atoms with E-state index >= 15 is 0 Å². The van der Waals surface area contributed by atoms with Crippen LogP contribution < -0.4 is 25.7 Å². The van der Waals surface area contributed by atoms with Gasteiger partial charge in [0.05, 0.1) is 5.69 Å². The maximum absolute atomic E-state index is 12.2. The summed E-state index contributed by atoms with van der Waals surface area (Å²) in [5.74, 6) is 1.28. The summed E-state index contributed by atoms with van der Waals surface area (Å²) in [4.78, 5) is 23.7. The minimum Gasteiger partial charge on any atom is -0.486 e. The standard InChI is InChI=1S/C20H18N4O4/c1-24-19(25)9-7-16(23-24)13-2-4-14(5-3-13)21-20(26)22-15-6-8-17-18(12-15)28-11-10-27-17/h2-9,12H,10-11H2,1H3,(H2,21,22,26). The molecule has 4 rings (SSSR count). The Morgan fingerprint density at radius 1 is 0.929 bits per heavy atom. The van der Waals surface area contributed by atoms with E-state index in [-0.39, 0.29) is 11.6 Å². The highest BCUT2D eigenvalue weighted by atomic mass is 16.6. The Balaban J connectivity index is 1.42. The van der Waals surface area contributed by atoms with Crippen LogP contribution in [0.15, 0.2) is 59.4 Å². The van der Waals surface area contributed by atoms with Crippen molar-refractivity contribution in [3.63, 3.8) is 0 Å². The van der Waals surface area contributed by atoms with Crippen LogP contribution in [0, 0.1) is 0 Å². The fraction of sp³-hybridized carbons (Fsp3) is 0.150. The SMILES string of the molecule is Cn1nc(-c2ccc(NC(=O)Nc3ccc4c(c3)OCCO4)cc2)ccc1=O. The quantitative estimate of drug-likeness (QED) is 0.731. The molecule has 8 nitrogen and oxygen atoms in total. The number of fused-ring (bicyclic) bond motifs is 1. The van der Waals surface area contributed by atoms with Crippen LogP contribution >= 0.6 is 0 Å². The summed E-state index contributed by atoms with van der Waals surface area (Å²) < 4.78 is 12.3. The third-order valence-electron chi connectivity index (χ3n) is 4.20. The lowest BCUT2D eigenvalue weighted by atomic mass is 10.1. The van der Waals surface area contributed by atoms with E-state index < -0.39 is 0 Å². The second-order valence-electron chi connectivity index (χ2n) is 6.20. The Morgan fingerprint density at radius 2 is 1.61 bits per heavy atom. The average Bonchev–Trinajstić information content (AvgIpc) is 2.70. The van der Waals surface area contributed by atoms with Crippen molar-refractivity contribution in [2.45, 2.75) is 0 Å². The molecule has 1 aliphatic rings. The highest BCUT2D eigenvalue weighted by Crippen LogP contribution is 2.32. The number of anilines is 2. The number of benzene rings is 2. The molecule has 1 aliphatic heterocycles. The number of ether oxygens (including phenoxy) is 2. The molecule has 0 aliphatic carbocycles. The number of hydrogen-bond acceptors (Lipinski definition) is 5. The molecule has 0 radical (unpaired) electrons. The maximum Gasteiger partial charge on any atom is 0.323 e. The summed E-state index contributed by atoms with van der Waals surface area (Å²) in [6, 6.07) is 15.2. The highest BCUT2D eigenvalue weighted by molar-refractivity contribution is 6.00. The van der Waals surface area contributed by atoms with Gasteiger partial charge < -0.3 is 20.1 Å². The molecule has 2 aromatic carbocycles. The van der Waals surface area contributed by atoms with Crippen LogP contribution in [0.1, 0.15) is 0 Å². The van der Waals surface area contributed by atoms with Crippen LogP contribution in [0.25, 0.3) is 11.3 Å². The van der Waals surface area contributed by atoms with Crippen LogP contribution in [-0.2, 0) is 7.05 Å². The Hall–Kier alpha value is -3.81. The van der Waals surface area contributed by atoms with Gasteiger partial charge in [-0.2, -0.15) is 5.10 Å². The number of amides is 2. The summed E-state index contributed by atoms with van der Waals surface area (Å²) in [5, 5.41) is 9.74. The van der Waals surface area contributed by atoms with E-state index in [1.807, 2.05) is 12.1 Å². The minimum atomic E-state index is -0.371. The molecule has 0 saturated carbocycles. The predicted octanol–water partition coefficient (Wildman–Crippen LogP) is 2.86. The van der Waals surface area contributed by atoms with Gasteiger partial charge in [-0.15, -0.1) is 0 Å². The van der Waals surface area contributed by atoms with Crippen molar-refractivity contribution in [2.24, 2.45) is 7.05 Å². The van der Waals surface area contributed by atoms with Gasteiger partial charge in [0.15, 0.2) is 11.5 Å². The van der Waals surface area contributed by atoms with E-state index in [1.165, 1.54) is 10.7 Å². The second-order valence-corrected chi connectivity index (χ2v) is 6.20. The fourth-order valence-electron chi connectivity index (χ4n) is 2.80. The number of aromatic nitrogens is 2. The summed E-state index contributed by atoms with van der Waals surface area (Å²) >= 11 is 0. The molecule has 1 aromatic heterocycles. The van der Waals surface area contributed by atoms with E-state index in [1.54, 1.807) is 43.4 Å². The monoisotopic (exact) mass is 378 g/mol. The first-order valence-electron chi connectivity index (χ1n) is 8.71. The van der Waals surface area contributed by atoms with Gasteiger partial charge in [-0.25, -0.2) is 9.48 Å². The van der Waals surface area contributed by atoms with Crippen LogP contribution in [-0.4, -0.2) is 29.0 Å². The normalized spacial score (nSPS) is 12.3. The molecule has 2 heterocycles. The van der Waals surface area contributed by atoms with Crippen molar-refractivity contribution in [1.82, 2.24) is 9.78 Å². The lowest BCUT2D eigenvalue weighted by Crippen LogP contribution is -2.20. The first-order valence-corrected chi connectivity index (χ1v) is 8.71. The average molecular weight is 378 g/mol. The van der Waals surface area contributed by atoms with Gasteiger partial charge in [0.1, 0.15) is 13.2 Å². The smallest absolute Gasteiger partial charge is 0.323 e. The number of hydrogen-bond donors (Lipinski definition) is 2. The molecule has 8 heteroatoms. The highest BCUT2D eigenvalue weighted by Gasteiger charge is 2.13. The summed E-state index contributed by atoms with van der Waals surface area (Å²) in [7, 11) is 1.60. The molecule has 0 saturated heterocycles. The number of nitrogens with zero attached hydrogens (tertiary/aromatic N) is 2. The van der Waals surface area contributed by atoms with E-state index in [4.69, 9.17) is 9.47 Å². The Morgan fingerprint density at radius 3 is 2.36 bits per heavy atom. The fourth-order valence-corrected chi connectivity index (χ4v) is 2.80. The molecular weight excluding hydrogens is 360 g/mol. The van der Waals surface area contributed by atoms with Crippen molar-refractivity contribution >= 4 is 17.4 Å². The Kier molecular flexibility index (Phi) is 4.67. The zero-order chi connectivity index (χ0) is 19.5. The van der Waals surface area contributed by atoms with Crippen LogP contribution in [0.3, 0.4) is 0 Å². The van der Waals surface area contributed by atoms with Gasteiger partial charge in [0.2, 0.25) is 0 Å². The molecule has 28 heavy (non-hydrogen) atoms. The number of carbonyl (C=O) groups excluding carboxylic acids is 1. The molecular formula is C20H18N4O4. The lowest BCUT2D eigenvalue weighted by molar-refractivity contribution is 0.171. The molecule has 2 amide bonds. The first kappa shape index (κ1) is 17.6. The number of carbonyl (C=O) groups is 1. The third-order valence-corrected chi connectivity index (χ3v) is 4.20. The molecule has 0 fully saturated rings. The van der Waals surface area contributed by atoms with Gasteiger partial charge in [-0.1, -0.05) is 12.1 Å². The van der Waals surface area contributed by atoms with Crippen LogP contribution in [0.2, 0.25) is 0 Å². The predicted molar refractivity (Wildman–Crippen MR) is 105 cm³/mol. The van der Waals surface area contributed by atoms with E-state index in [9.17, 15) is 9.59 Å². The molecule has 142 valence electrons. The minimum absolute atomic E-state index is 0.169. The van der Waals surface area contributed by atoms with Crippen LogP contribution in [0.5, 0.6) is 11.5 Å². The summed E-state index contributed by atoms with van der Waals surface area (Å²) in [6.07, 6.45) is 0. The molecule has 0 spiro atoms. The van der Waals surface area contributed by atoms with Crippen molar-refractivity contribution < 1.29 is 14.3 Å². The van der Waals surface area contributed by atoms with Crippen molar-refractivity contribution in [3.05, 3.63) is 65.0 Å². The number of rotatable bonds is 3. The van der Waals surface area contributed by atoms with Gasteiger partial charge in [-0.05, 0) is 30.3 Å². The number of aryl methyl sites for hydroxylation is 1. The molecule has 3 aromatic rings. The van der Waals surface area contributed by atoms with Crippen molar-refractivity contribution in [2.75, 3.05) is 23.8 Å². The van der Waals surface area contributed by atoms with Gasteiger partial charge in [-0.3, -0.25) is 4.79 Å². The molecule has 0 bridgehead atoms. The van der Waals surface area contributed by atoms with Crippen LogP contribution in [0.4, 0.5) is 16.2 Å². The summed E-state index contributed by atoms with van der Waals surface area (Å²) in [5.41, 5.74) is 2.58. The topological polar surface area (TPSA) is 94.5 Å². The zero-order valence-corrected chi connectivity index (χ0v) is 15.1. The molecule has 0 atom stereocenters. The maximum atomic E-state index is 12.2. The summed E-state index contributed by atoms with van der Waals surface area (Å²) in [6.45, 7) is 1.00. The Bertz CT molecular complexity index is 1080. The zero-order valence-electron chi connectivity index (χ0n) is 15.1.